The van der Waals surface area contributed by atoms with E-state index in [4.69, 9.17) is 17.0 Å². The van der Waals surface area contributed by atoms with Gasteiger partial charge in [-0.1, -0.05) is 38.1 Å². The van der Waals surface area contributed by atoms with E-state index < -0.39 is 0 Å². The molecule has 1 unspecified atom stereocenters. The highest BCUT2D eigenvalue weighted by Crippen LogP contribution is 2.29. The van der Waals surface area contributed by atoms with Crippen molar-refractivity contribution in [1.29, 1.82) is 0 Å². The molecule has 0 aliphatic rings. The Bertz CT molecular complexity index is 792. The summed E-state index contributed by atoms with van der Waals surface area (Å²) in [6, 6.07) is 12.8. The van der Waals surface area contributed by atoms with Crippen LogP contribution < -0.4 is 15.4 Å². The zero-order chi connectivity index (χ0) is 19.1. The van der Waals surface area contributed by atoms with Crippen molar-refractivity contribution in [2.24, 2.45) is 0 Å². The van der Waals surface area contributed by atoms with Crippen LogP contribution in [0.2, 0.25) is 0 Å². The number of phenolic OH excluding ortho intramolecular Hbond substituents is 1. The Labute approximate surface area is 159 Å². The summed E-state index contributed by atoms with van der Waals surface area (Å²) in [5, 5.41) is 15.5. The van der Waals surface area contributed by atoms with Crippen LogP contribution in [0.15, 0.2) is 42.5 Å². The van der Waals surface area contributed by atoms with Crippen molar-refractivity contribution in [1.82, 2.24) is 5.32 Å². The minimum Gasteiger partial charge on any atom is -0.506 e. The molecule has 3 N–H and O–H groups in total. The Hall–Kier alpha value is -2.60. The van der Waals surface area contributed by atoms with Gasteiger partial charge in [-0.2, -0.15) is 0 Å². The number of rotatable bonds is 6. The Morgan fingerprint density at radius 1 is 1.27 bits per heavy atom. The summed E-state index contributed by atoms with van der Waals surface area (Å²) in [5.41, 5.74) is 2.51. The molecule has 1 atom stereocenters. The Morgan fingerprint density at radius 2 is 2.00 bits per heavy atom. The molecule has 0 saturated carbocycles. The number of aromatic hydroxyl groups is 1. The lowest BCUT2D eigenvalue weighted by Gasteiger charge is -2.15. The van der Waals surface area contributed by atoms with Crippen molar-refractivity contribution in [3.63, 3.8) is 0 Å². The number of hydrogen-bond acceptors (Lipinski definition) is 4. The van der Waals surface area contributed by atoms with Crippen molar-refractivity contribution >= 4 is 28.9 Å². The second-order valence-corrected chi connectivity index (χ2v) is 6.55. The third kappa shape index (κ3) is 5.46. The Morgan fingerprint density at radius 3 is 2.69 bits per heavy atom. The van der Waals surface area contributed by atoms with E-state index in [1.54, 1.807) is 12.1 Å². The predicted molar refractivity (Wildman–Crippen MR) is 108 cm³/mol. The highest BCUT2D eigenvalue weighted by molar-refractivity contribution is 7.80. The van der Waals surface area contributed by atoms with Crippen LogP contribution in [0.5, 0.6) is 11.5 Å². The average Bonchev–Trinajstić information content (AvgIpc) is 2.62. The fraction of sp³-hybridized carbons (Fsp3) is 0.300. The number of phenols is 1. The van der Waals surface area contributed by atoms with E-state index >= 15 is 0 Å². The molecule has 0 fully saturated rings. The van der Waals surface area contributed by atoms with Crippen molar-refractivity contribution in [3.8, 4) is 11.5 Å². The second-order valence-electron chi connectivity index (χ2n) is 6.14. The molecule has 0 radical (unpaired) electrons. The first kappa shape index (κ1) is 19.7. The lowest BCUT2D eigenvalue weighted by atomic mass is 9.98. The summed E-state index contributed by atoms with van der Waals surface area (Å²) in [7, 11) is 0. The molecule has 6 heteroatoms. The molecule has 1 amide bonds. The number of ether oxygens (including phenoxy) is 1. The maximum atomic E-state index is 12.0. The van der Waals surface area contributed by atoms with Gasteiger partial charge >= 0.3 is 0 Å². The first-order valence-corrected chi connectivity index (χ1v) is 8.93. The molecule has 26 heavy (non-hydrogen) atoms. The minimum absolute atomic E-state index is 0.0739. The average molecular weight is 372 g/mol. The molecule has 2 aromatic carbocycles. The van der Waals surface area contributed by atoms with E-state index in [9.17, 15) is 9.90 Å². The molecule has 0 bridgehead atoms. The van der Waals surface area contributed by atoms with Crippen molar-refractivity contribution in [3.05, 3.63) is 53.6 Å². The van der Waals surface area contributed by atoms with Gasteiger partial charge in [0, 0.05) is 0 Å². The molecule has 5 nitrogen and oxygen atoms in total. The zero-order valence-corrected chi connectivity index (χ0v) is 16.0. The number of hydrogen-bond donors (Lipinski definition) is 3. The molecule has 0 spiro atoms. The van der Waals surface area contributed by atoms with Crippen LogP contribution in [0.25, 0.3) is 0 Å². The van der Waals surface area contributed by atoms with Gasteiger partial charge in [-0.15, -0.1) is 0 Å². The van der Waals surface area contributed by atoms with Crippen LogP contribution >= 0.6 is 12.2 Å². The summed E-state index contributed by atoms with van der Waals surface area (Å²) in [6.45, 7) is 5.97. The molecule has 2 aromatic rings. The molecule has 0 aromatic heterocycles. The fourth-order valence-electron chi connectivity index (χ4n) is 2.37. The van der Waals surface area contributed by atoms with Crippen LogP contribution in [0.1, 0.15) is 37.3 Å². The first-order valence-electron chi connectivity index (χ1n) is 8.52. The van der Waals surface area contributed by atoms with Gasteiger partial charge in [0.1, 0.15) is 11.5 Å². The van der Waals surface area contributed by atoms with Gasteiger partial charge in [-0.3, -0.25) is 10.1 Å². The van der Waals surface area contributed by atoms with Gasteiger partial charge in [0.25, 0.3) is 5.91 Å². The van der Waals surface area contributed by atoms with E-state index in [0.29, 0.717) is 17.4 Å². The van der Waals surface area contributed by atoms with Crippen molar-refractivity contribution in [2.75, 3.05) is 11.9 Å². The van der Waals surface area contributed by atoms with Crippen LogP contribution in [-0.2, 0) is 4.79 Å². The van der Waals surface area contributed by atoms with Gasteiger partial charge < -0.3 is 15.2 Å². The predicted octanol–water partition coefficient (Wildman–Crippen LogP) is 4.11. The van der Waals surface area contributed by atoms with E-state index in [2.05, 4.69) is 24.5 Å². The molecular formula is C20H24N2O3S. The number of para-hydroxylation sites is 1. The van der Waals surface area contributed by atoms with E-state index in [0.717, 1.165) is 17.5 Å². The third-order valence-corrected chi connectivity index (χ3v) is 4.36. The highest BCUT2D eigenvalue weighted by Gasteiger charge is 2.11. The van der Waals surface area contributed by atoms with Crippen LogP contribution in [-0.4, -0.2) is 22.7 Å². The zero-order valence-electron chi connectivity index (χ0n) is 15.2. The van der Waals surface area contributed by atoms with E-state index in [-0.39, 0.29) is 23.4 Å². The number of carbonyl (C=O) groups excluding carboxylic acids is 1. The summed E-state index contributed by atoms with van der Waals surface area (Å²) >= 11 is 5.16. The fourth-order valence-corrected chi connectivity index (χ4v) is 2.60. The molecule has 0 aliphatic heterocycles. The Balaban J connectivity index is 1.92. The molecule has 0 saturated heterocycles. The van der Waals surface area contributed by atoms with E-state index in [1.807, 2.05) is 37.3 Å². The standard InChI is InChI=1S/C20H24N2O3S/c1-4-13(2)15-9-10-17(23)16(11-15)21-20(26)22-19(24)12-25-18-8-6-5-7-14(18)3/h5-11,13,23H,4,12H2,1-3H3,(H2,21,22,24,26). The lowest BCUT2D eigenvalue weighted by molar-refractivity contribution is -0.121. The monoisotopic (exact) mass is 372 g/mol. The number of thiocarbonyl (C=S) groups is 1. The van der Waals surface area contributed by atoms with Crippen LogP contribution in [0, 0.1) is 6.92 Å². The number of benzene rings is 2. The van der Waals surface area contributed by atoms with Gasteiger partial charge in [0.2, 0.25) is 0 Å². The number of anilines is 1. The number of aryl methyl sites for hydroxylation is 1. The van der Waals surface area contributed by atoms with Gasteiger partial charge in [0.15, 0.2) is 11.7 Å². The smallest absolute Gasteiger partial charge is 0.264 e. The summed E-state index contributed by atoms with van der Waals surface area (Å²) in [4.78, 5) is 12.0. The molecule has 0 aliphatic carbocycles. The molecule has 2 rings (SSSR count). The van der Waals surface area contributed by atoms with Gasteiger partial charge in [-0.25, -0.2) is 0 Å². The minimum atomic E-state index is -0.372. The largest absolute Gasteiger partial charge is 0.506 e. The molecule has 0 heterocycles. The maximum absolute atomic E-state index is 12.0. The van der Waals surface area contributed by atoms with Crippen molar-refractivity contribution in [2.45, 2.75) is 33.1 Å². The van der Waals surface area contributed by atoms with Crippen LogP contribution in [0.3, 0.4) is 0 Å². The highest BCUT2D eigenvalue weighted by atomic mass is 32.1. The third-order valence-electron chi connectivity index (χ3n) is 4.16. The quantitative estimate of drug-likeness (QED) is 0.526. The number of amides is 1. The maximum Gasteiger partial charge on any atom is 0.264 e. The summed E-state index contributed by atoms with van der Waals surface area (Å²) in [5.74, 6) is 0.718. The van der Waals surface area contributed by atoms with E-state index in [1.165, 1.54) is 0 Å². The second kappa shape index (κ2) is 9.20. The Kier molecular flexibility index (Phi) is 6.97. The number of carbonyl (C=O) groups is 1. The number of nitrogens with one attached hydrogen (secondary N) is 2. The SMILES string of the molecule is CCC(C)c1ccc(O)c(NC(=S)NC(=O)COc2ccccc2C)c1. The molecule has 138 valence electrons. The lowest BCUT2D eigenvalue weighted by Crippen LogP contribution is -2.37. The van der Waals surface area contributed by atoms with Gasteiger partial charge in [-0.05, 0) is 60.8 Å². The first-order chi connectivity index (χ1) is 12.4. The molecular weight excluding hydrogens is 348 g/mol. The summed E-state index contributed by atoms with van der Waals surface area (Å²) in [6.07, 6.45) is 0.988. The van der Waals surface area contributed by atoms with Gasteiger partial charge in [0.05, 0.1) is 5.69 Å². The van der Waals surface area contributed by atoms with Crippen LogP contribution in [0.4, 0.5) is 5.69 Å². The topological polar surface area (TPSA) is 70.6 Å². The van der Waals surface area contributed by atoms with Crippen molar-refractivity contribution < 1.29 is 14.6 Å². The normalized spacial score (nSPS) is 11.5. The summed E-state index contributed by atoms with van der Waals surface area (Å²) < 4.78 is 5.49.